The molecule has 0 spiro atoms. The first-order chi connectivity index (χ1) is 11.5. The largest absolute Gasteiger partial charge is 0.481 e. The van der Waals surface area contributed by atoms with Crippen LogP contribution in [0.3, 0.4) is 0 Å². The highest BCUT2D eigenvalue weighted by atomic mass is 16.4. The second-order valence-corrected chi connectivity index (χ2v) is 6.39. The number of hydrogen-bond donors (Lipinski definition) is 2. The Hall–Kier alpha value is -1.68. The molecule has 134 valence electrons. The Morgan fingerprint density at radius 3 is 2.79 bits per heavy atom. The molecule has 0 amide bonds. The van der Waals surface area contributed by atoms with Gasteiger partial charge in [0.2, 0.25) is 0 Å². The van der Waals surface area contributed by atoms with Crippen molar-refractivity contribution in [2.45, 2.75) is 64.4 Å². The molecule has 3 atom stereocenters. The van der Waals surface area contributed by atoms with Gasteiger partial charge in [-0.15, -0.1) is 0 Å². The molecule has 0 aliphatic heterocycles. The number of allylic oxidation sites excluding steroid dienone is 5. The molecule has 0 aromatic carbocycles. The van der Waals surface area contributed by atoms with Crippen LogP contribution in [0.25, 0.3) is 0 Å². The van der Waals surface area contributed by atoms with Crippen molar-refractivity contribution in [2.75, 3.05) is 0 Å². The van der Waals surface area contributed by atoms with Crippen molar-refractivity contribution in [3.8, 4) is 0 Å². The highest BCUT2D eigenvalue weighted by Gasteiger charge is 2.26. The van der Waals surface area contributed by atoms with Crippen LogP contribution in [-0.4, -0.2) is 28.1 Å². The minimum absolute atomic E-state index is 0.0938. The van der Waals surface area contributed by atoms with Crippen LogP contribution in [0.2, 0.25) is 0 Å². The Bertz CT molecular complexity index is 476. The van der Waals surface area contributed by atoms with Crippen LogP contribution in [0.1, 0.15) is 58.3 Å². The molecule has 0 aromatic heterocycles. The highest BCUT2D eigenvalue weighted by molar-refractivity contribution is 5.95. The summed E-state index contributed by atoms with van der Waals surface area (Å²) in [6.07, 6.45) is 17.0. The van der Waals surface area contributed by atoms with E-state index in [1.165, 1.54) is 0 Å². The molecule has 1 rings (SSSR count). The highest BCUT2D eigenvalue weighted by Crippen LogP contribution is 2.27. The molecule has 0 saturated carbocycles. The Balaban J connectivity index is 2.38. The minimum atomic E-state index is -0.768. The number of hydrogen-bond acceptors (Lipinski definition) is 3. The summed E-state index contributed by atoms with van der Waals surface area (Å²) in [6, 6.07) is 0. The molecule has 0 aromatic rings. The average molecular weight is 334 g/mol. The van der Waals surface area contributed by atoms with E-state index in [9.17, 15) is 14.7 Å². The molecule has 2 N–H and O–H groups in total. The fourth-order valence-corrected chi connectivity index (χ4v) is 2.81. The molecule has 4 nitrogen and oxygen atoms in total. The van der Waals surface area contributed by atoms with Crippen molar-refractivity contribution in [3.63, 3.8) is 0 Å². The Morgan fingerprint density at radius 2 is 2.08 bits per heavy atom. The number of carbonyl (C=O) groups is 2. The predicted molar refractivity (Wildman–Crippen MR) is 95.7 cm³/mol. The minimum Gasteiger partial charge on any atom is -0.481 e. The first kappa shape index (κ1) is 20.4. The first-order valence-corrected chi connectivity index (χ1v) is 8.99. The molecule has 1 aliphatic carbocycles. The lowest BCUT2D eigenvalue weighted by atomic mass is 9.90. The third-order valence-electron chi connectivity index (χ3n) is 4.28. The van der Waals surface area contributed by atoms with E-state index in [1.807, 2.05) is 24.3 Å². The zero-order valence-corrected chi connectivity index (χ0v) is 14.6. The summed E-state index contributed by atoms with van der Waals surface area (Å²) in [6.45, 7) is 2.13. The summed E-state index contributed by atoms with van der Waals surface area (Å²) in [5.41, 5.74) is 0. The number of ketones is 1. The van der Waals surface area contributed by atoms with Gasteiger partial charge in [-0.3, -0.25) is 9.59 Å². The maximum atomic E-state index is 12.0. The molecule has 1 aliphatic rings. The standard InChI is InChI=1S/C20H30O4/c1-2-3-6-10-17(21)13-14-18-16(12-15-19(18)22)9-7-4-5-8-11-20(23)24/h4,7,12-18,21H,2-3,5-6,8-11H2,1H3,(H,23,24)/b7-4-,14-13+/t16-,17+,18+/m0/s1. The second kappa shape index (κ2) is 11.8. The second-order valence-electron chi connectivity index (χ2n) is 6.39. The van der Waals surface area contributed by atoms with Gasteiger partial charge < -0.3 is 10.2 Å². The van der Waals surface area contributed by atoms with Crippen LogP contribution in [0.5, 0.6) is 0 Å². The number of aliphatic hydroxyl groups is 1. The summed E-state index contributed by atoms with van der Waals surface area (Å²) in [7, 11) is 0. The number of carbonyl (C=O) groups excluding carboxylic acids is 1. The van der Waals surface area contributed by atoms with Crippen LogP contribution in [-0.2, 0) is 9.59 Å². The van der Waals surface area contributed by atoms with E-state index in [2.05, 4.69) is 6.92 Å². The summed E-state index contributed by atoms with van der Waals surface area (Å²) in [5.74, 6) is -0.728. The summed E-state index contributed by atoms with van der Waals surface area (Å²) in [4.78, 5) is 22.4. The molecule has 0 heterocycles. The third kappa shape index (κ3) is 8.25. The molecule has 0 bridgehead atoms. The van der Waals surface area contributed by atoms with Crippen LogP contribution in [0, 0.1) is 11.8 Å². The lowest BCUT2D eigenvalue weighted by molar-refractivity contribution is -0.137. The quantitative estimate of drug-likeness (QED) is 0.417. The van der Waals surface area contributed by atoms with E-state index in [1.54, 1.807) is 12.2 Å². The van der Waals surface area contributed by atoms with E-state index < -0.39 is 12.1 Å². The molecule has 4 heteroatoms. The SMILES string of the molecule is CCCCC[C@@H](O)/C=C/[C@H]1C(=O)C=C[C@@H]1C/C=C\CCCC(=O)O. The number of rotatable bonds is 12. The maximum absolute atomic E-state index is 12.0. The molecule has 0 saturated heterocycles. The number of unbranched alkanes of at least 4 members (excludes halogenated alkanes) is 3. The first-order valence-electron chi connectivity index (χ1n) is 8.99. The van der Waals surface area contributed by atoms with Crippen LogP contribution in [0.15, 0.2) is 36.5 Å². The summed E-state index contributed by atoms with van der Waals surface area (Å²) >= 11 is 0. The van der Waals surface area contributed by atoms with Gasteiger partial charge in [-0.1, -0.05) is 56.6 Å². The molecule has 0 radical (unpaired) electrons. The zero-order valence-electron chi connectivity index (χ0n) is 14.6. The zero-order chi connectivity index (χ0) is 17.8. The van der Waals surface area contributed by atoms with E-state index in [0.717, 1.165) is 38.5 Å². The normalized spacial score (nSPS) is 22.0. The predicted octanol–water partition coefficient (Wildman–Crippen LogP) is 4.06. The number of carboxylic acids is 1. The smallest absolute Gasteiger partial charge is 0.303 e. The average Bonchev–Trinajstić information content (AvgIpc) is 2.89. The Morgan fingerprint density at radius 1 is 1.29 bits per heavy atom. The lowest BCUT2D eigenvalue weighted by Gasteiger charge is -2.13. The van der Waals surface area contributed by atoms with Crippen molar-refractivity contribution in [2.24, 2.45) is 11.8 Å². The van der Waals surface area contributed by atoms with Gasteiger partial charge in [-0.25, -0.2) is 0 Å². The van der Waals surface area contributed by atoms with Crippen molar-refractivity contribution >= 4 is 11.8 Å². The van der Waals surface area contributed by atoms with Gasteiger partial charge >= 0.3 is 5.97 Å². The van der Waals surface area contributed by atoms with Gasteiger partial charge in [0, 0.05) is 12.3 Å². The van der Waals surface area contributed by atoms with Gasteiger partial charge in [0.1, 0.15) is 0 Å². The monoisotopic (exact) mass is 334 g/mol. The van der Waals surface area contributed by atoms with Crippen LogP contribution < -0.4 is 0 Å². The maximum Gasteiger partial charge on any atom is 0.303 e. The van der Waals surface area contributed by atoms with E-state index in [0.29, 0.717) is 6.42 Å². The van der Waals surface area contributed by atoms with E-state index in [4.69, 9.17) is 5.11 Å². The summed E-state index contributed by atoms with van der Waals surface area (Å²) in [5, 5.41) is 18.5. The van der Waals surface area contributed by atoms with Gasteiger partial charge in [-0.2, -0.15) is 0 Å². The number of aliphatic hydroxyl groups excluding tert-OH is 1. The van der Waals surface area contributed by atoms with E-state index >= 15 is 0 Å². The summed E-state index contributed by atoms with van der Waals surface area (Å²) < 4.78 is 0. The fraction of sp³-hybridized carbons (Fsp3) is 0.600. The van der Waals surface area contributed by atoms with Crippen LogP contribution in [0.4, 0.5) is 0 Å². The van der Waals surface area contributed by atoms with Gasteiger partial charge in [0.05, 0.1) is 6.10 Å². The third-order valence-corrected chi connectivity index (χ3v) is 4.28. The van der Waals surface area contributed by atoms with Gasteiger partial charge in [0.15, 0.2) is 5.78 Å². The van der Waals surface area contributed by atoms with E-state index in [-0.39, 0.29) is 24.0 Å². The number of carboxylic acid groups (broad SMARTS) is 1. The number of aliphatic carboxylic acids is 1. The molecule has 24 heavy (non-hydrogen) atoms. The van der Waals surface area contributed by atoms with Crippen molar-refractivity contribution in [1.82, 2.24) is 0 Å². The van der Waals surface area contributed by atoms with Gasteiger partial charge in [-0.05, 0) is 37.7 Å². The van der Waals surface area contributed by atoms with Crippen molar-refractivity contribution < 1.29 is 19.8 Å². The van der Waals surface area contributed by atoms with Crippen LogP contribution >= 0.6 is 0 Å². The molecular weight excluding hydrogens is 304 g/mol. The Labute approximate surface area is 145 Å². The van der Waals surface area contributed by atoms with Crippen molar-refractivity contribution in [1.29, 1.82) is 0 Å². The molecular formula is C20H30O4. The topological polar surface area (TPSA) is 74.6 Å². The molecule has 0 fully saturated rings. The molecule has 0 unspecified atom stereocenters. The Kier molecular flexibility index (Phi) is 10.0. The van der Waals surface area contributed by atoms with Gasteiger partial charge in [0.25, 0.3) is 0 Å². The fourth-order valence-electron chi connectivity index (χ4n) is 2.81. The van der Waals surface area contributed by atoms with Crippen molar-refractivity contribution in [3.05, 3.63) is 36.5 Å². The lowest BCUT2D eigenvalue weighted by Crippen LogP contribution is -2.14.